The molecule has 118 valence electrons. The topological polar surface area (TPSA) is 15.3 Å². The lowest BCUT2D eigenvalue weighted by molar-refractivity contribution is 0.176. The summed E-state index contributed by atoms with van der Waals surface area (Å²) in [5.41, 5.74) is 2.00. The summed E-state index contributed by atoms with van der Waals surface area (Å²) in [6.45, 7) is 10.1. The van der Waals surface area contributed by atoms with E-state index in [1.54, 1.807) is 6.07 Å². The molecule has 1 fully saturated rings. The molecule has 2 nitrogen and oxygen atoms in total. The van der Waals surface area contributed by atoms with Crippen LogP contribution >= 0.6 is 15.9 Å². The average Bonchev–Trinajstić information content (AvgIpc) is 2.46. The van der Waals surface area contributed by atoms with Gasteiger partial charge in [0.2, 0.25) is 0 Å². The predicted molar refractivity (Wildman–Crippen MR) is 91.4 cm³/mol. The minimum atomic E-state index is -0.196. The number of nitrogens with zero attached hydrogens (tertiary/aromatic N) is 1. The van der Waals surface area contributed by atoms with Crippen molar-refractivity contribution in [3.63, 3.8) is 0 Å². The Balaban J connectivity index is 1.93. The molecule has 0 aliphatic carbocycles. The number of aryl methyl sites for hydroxylation is 1. The van der Waals surface area contributed by atoms with Crippen LogP contribution < -0.4 is 5.32 Å². The lowest BCUT2D eigenvalue weighted by Crippen LogP contribution is -2.39. The zero-order chi connectivity index (χ0) is 15.4. The van der Waals surface area contributed by atoms with Gasteiger partial charge in [-0.15, -0.1) is 0 Å². The number of hydrogen-bond acceptors (Lipinski definition) is 2. The maximum Gasteiger partial charge on any atom is 0.137 e. The molecule has 1 saturated heterocycles. The van der Waals surface area contributed by atoms with Crippen LogP contribution in [0.25, 0.3) is 0 Å². The first-order valence-corrected chi connectivity index (χ1v) is 8.75. The molecule has 0 radical (unpaired) electrons. The van der Waals surface area contributed by atoms with Crippen molar-refractivity contribution in [3.8, 4) is 0 Å². The smallest absolute Gasteiger partial charge is 0.137 e. The van der Waals surface area contributed by atoms with Crippen LogP contribution in [0.5, 0.6) is 0 Å². The summed E-state index contributed by atoms with van der Waals surface area (Å²) in [5, 5.41) is 3.58. The molecular weight excluding hydrogens is 331 g/mol. The quantitative estimate of drug-likeness (QED) is 0.813. The fourth-order valence-electron chi connectivity index (χ4n) is 3.16. The van der Waals surface area contributed by atoms with Crippen LogP contribution in [0.3, 0.4) is 0 Å². The van der Waals surface area contributed by atoms with Crippen LogP contribution in [0.1, 0.15) is 38.7 Å². The zero-order valence-corrected chi connectivity index (χ0v) is 14.8. The molecular formula is C17H26BrFN2. The highest BCUT2D eigenvalue weighted by molar-refractivity contribution is 9.10. The molecule has 1 atom stereocenters. The summed E-state index contributed by atoms with van der Waals surface area (Å²) in [5.74, 6) is 0.500. The molecule has 1 unspecified atom stereocenters. The van der Waals surface area contributed by atoms with Crippen LogP contribution in [0.2, 0.25) is 0 Å². The second kappa shape index (κ2) is 7.59. The first-order valence-electron chi connectivity index (χ1n) is 7.95. The Morgan fingerprint density at radius 1 is 1.38 bits per heavy atom. The second-order valence-electron chi connectivity index (χ2n) is 6.19. The largest absolute Gasteiger partial charge is 0.382 e. The van der Waals surface area contributed by atoms with Gasteiger partial charge in [-0.3, -0.25) is 0 Å². The van der Waals surface area contributed by atoms with Crippen molar-refractivity contribution in [2.45, 2.75) is 46.1 Å². The Kier molecular flexibility index (Phi) is 6.06. The van der Waals surface area contributed by atoms with Gasteiger partial charge in [-0.2, -0.15) is 0 Å². The molecule has 0 bridgehead atoms. The van der Waals surface area contributed by atoms with Gasteiger partial charge in [0.05, 0.1) is 4.47 Å². The van der Waals surface area contributed by atoms with Crippen LogP contribution in [0, 0.1) is 18.7 Å². The molecule has 1 N–H and O–H groups in total. The standard InChI is InChI=1S/C17H26BrFN2/c1-4-7-21-8-5-14(6-9-21)13(3)20-17-11-15(18)16(19)10-12(17)2/h10-11,13-14,20H,4-9H2,1-3H3. The zero-order valence-electron chi connectivity index (χ0n) is 13.3. The molecule has 0 aromatic heterocycles. The molecule has 0 spiro atoms. The Morgan fingerprint density at radius 3 is 2.67 bits per heavy atom. The van der Waals surface area contributed by atoms with Crippen molar-refractivity contribution in [2.24, 2.45) is 5.92 Å². The van der Waals surface area contributed by atoms with Gasteiger partial charge in [0.15, 0.2) is 0 Å². The number of halogens is 2. The van der Waals surface area contributed by atoms with Gasteiger partial charge in [-0.1, -0.05) is 6.92 Å². The Morgan fingerprint density at radius 2 is 2.05 bits per heavy atom. The van der Waals surface area contributed by atoms with Crippen molar-refractivity contribution in [1.29, 1.82) is 0 Å². The van der Waals surface area contributed by atoms with Crippen LogP contribution in [0.15, 0.2) is 16.6 Å². The van der Waals surface area contributed by atoms with E-state index >= 15 is 0 Å². The average molecular weight is 357 g/mol. The Labute approximate surface area is 136 Å². The highest BCUT2D eigenvalue weighted by Gasteiger charge is 2.23. The van der Waals surface area contributed by atoms with Gasteiger partial charge in [-0.05, 0) is 92.3 Å². The van der Waals surface area contributed by atoms with Crippen LogP contribution in [-0.2, 0) is 0 Å². The predicted octanol–water partition coefficient (Wildman–Crippen LogP) is 4.82. The monoisotopic (exact) mass is 356 g/mol. The lowest BCUT2D eigenvalue weighted by atomic mass is 9.90. The maximum absolute atomic E-state index is 13.5. The van der Waals surface area contributed by atoms with Crippen molar-refractivity contribution in [2.75, 3.05) is 25.0 Å². The molecule has 1 aromatic carbocycles. The van der Waals surface area contributed by atoms with E-state index in [1.165, 1.54) is 38.9 Å². The highest BCUT2D eigenvalue weighted by atomic mass is 79.9. The molecule has 4 heteroatoms. The van der Waals surface area contributed by atoms with Crippen LogP contribution in [0.4, 0.5) is 10.1 Å². The number of likely N-dealkylation sites (tertiary alicyclic amines) is 1. The molecule has 1 heterocycles. The molecule has 0 amide bonds. The van der Waals surface area contributed by atoms with Crippen molar-refractivity contribution >= 4 is 21.6 Å². The number of benzene rings is 1. The highest BCUT2D eigenvalue weighted by Crippen LogP contribution is 2.28. The number of rotatable bonds is 5. The van der Waals surface area contributed by atoms with Crippen LogP contribution in [-0.4, -0.2) is 30.6 Å². The first kappa shape index (κ1) is 16.8. The second-order valence-corrected chi connectivity index (χ2v) is 7.05. The van der Waals surface area contributed by atoms with Gasteiger partial charge in [0.25, 0.3) is 0 Å². The third-order valence-corrected chi connectivity index (χ3v) is 5.14. The third-order valence-electron chi connectivity index (χ3n) is 4.53. The summed E-state index contributed by atoms with van der Waals surface area (Å²) in [4.78, 5) is 2.56. The summed E-state index contributed by atoms with van der Waals surface area (Å²) < 4.78 is 14.0. The van der Waals surface area contributed by atoms with Crippen molar-refractivity contribution in [1.82, 2.24) is 4.90 Å². The summed E-state index contributed by atoms with van der Waals surface area (Å²) >= 11 is 3.27. The molecule has 21 heavy (non-hydrogen) atoms. The Hall–Kier alpha value is -0.610. The summed E-state index contributed by atoms with van der Waals surface area (Å²) in [6, 6.07) is 3.86. The minimum absolute atomic E-state index is 0.196. The molecule has 1 aromatic rings. The number of nitrogens with one attached hydrogen (secondary N) is 1. The van der Waals surface area contributed by atoms with E-state index in [0.29, 0.717) is 16.4 Å². The minimum Gasteiger partial charge on any atom is -0.382 e. The van der Waals surface area contributed by atoms with Crippen molar-refractivity contribution in [3.05, 3.63) is 28.0 Å². The summed E-state index contributed by atoms with van der Waals surface area (Å²) in [6.07, 6.45) is 3.73. The fraction of sp³-hybridized carbons (Fsp3) is 0.647. The van der Waals surface area contributed by atoms with E-state index in [9.17, 15) is 4.39 Å². The van der Waals surface area contributed by atoms with E-state index in [1.807, 2.05) is 13.0 Å². The van der Waals surface area contributed by atoms with Gasteiger partial charge >= 0.3 is 0 Å². The molecule has 1 aliphatic heterocycles. The first-order chi connectivity index (χ1) is 10.0. The lowest BCUT2D eigenvalue weighted by Gasteiger charge is -2.35. The Bertz CT molecular complexity index is 470. The molecule has 1 aliphatic rings. The summed E-state index contributed by atoms with van der Waals surface area (Å²) in [7, 11) is 0. The van der Waals surface area contributed by atoms with E-state index in [4.69, 9.17) is 0 Å². The number of piperidine rings is 1. The maximum atomic E-state index is 13.5. The molecule has 2 rings (SSSR count). The van der Waals surface area contributed by atoms with E-state index in [-0.39, 0.29) is 5.82 Å². The number of hydrogen-bond donors (Lipinski definition) is 1. The van der Waals surface area contributed by atoms with E-state index < -0.39 is 0 Å². The SMILES string of the molecule is CCCN1CCC(C(C)Nc2cc(Br)c(F)cc2C)CC1. The van der Waals surface area contributed by atoms with Gasteiger partial charge < -0.3 is 10.2 Å². The fourth-order valence-corrected chi connectivity index (χ4v) is 3.50. The van der Waals surface area contributed by atoms with Gasteiger partial charge in [0, 0.05) is 11.7 Å². The van der Waals surface area contributed by atoms with E-state index in [2.05, 4.69) is 40.0 Å². The van der Waals surface area contributed by atoms with E-state index in [0.717, 1.165) is 11.3 Å². The van der Waals surface area contributed by atoms with Crippen molar-refractivity contribution < 1.29 is 4.39 Å². The van der Waals surface area contributed by atoms with Gasteiger partial charge in [-0.25, -0.2) is 4.39 Å². The molecule has 0 saturated carbocycles. The normalized spacial score (nSPS) is 18.7. The number of anilines is 1. The third kappa shape index (κ3) is 4.43. The van der Waals surface area contributed by atoms with Gasteiger partial charge in [0.1, 0.15) is 5.82 Å².